The number of hydrogen-bond acceptors (Lipinski definition) is 2. The number of hydrogen-bond donors (Lipinski definition) is 1. The predicted molar refractivity (Wildman–Crippen MR) is 53.4 cm³/mol. The van der Waals surface area contributed by atoms with Gasteiger partial charge >= 0.3 is 0 Å². The fourth-order valence-electron chi connectivity index (χ4n) is 1.74. The van der Waals surface area contributed by atoms with Crippen LogP contribution in [0, 0.1) is 0 Å². The summed E-state index contributed by atoms with van der Waals surface area (Å²) in [4.78, 5) is 2.55. The Morgan fingerprint density at radius 1 is 1.33 bits per heavy atom. The second-order valence-electron chi connectivity index (χ2n) is 5.15. The summed E-state index contributed by atoms with van der Waals surface area (Å²) in [7, 11) is 2.06. The molecule has 0 spiro atoms. The Morgan fingerprint density at radius 2 is 1.92 bits per heavy atom. The molecule has 0 saturated carbocycles. The van der Waals surface area contributed by atoms with E-state index in [1.165, 1.54) is 19.5 Å². The first-order chi connectivity index (χ1) is 5.37. The van der Waals surface area contributed by atoms with Gasteiger partial charge < -0.3 is 5.32 Å². The Labute approximate surface area is 76.3 Å². The van der Waals surface area contributed by atoms with Gasteiger partial charge in [0.2, 0.25) is 0 Å². The summed E-state index contributed by atoms with van der Waals surface area (Å²) >= 11 is 0. The van der Waals surface area contributed by atoms with E-state index in [0.29, 0.717) is 11.1 Å². The predicted octanol–water partition coefficient (Wildman–Crippen LogP) is 1.47. The topological polar surface area (TPSA) is 15.3 Å². The number of likely N-dealkylation sites (N-methyl/N-ethyl adjacent to an activating group) is 1. The molecule has 1 unspecified atom stereocenters. The van der Waals surface area contributed by atoms with Gasteiger partial charge in [-0.15, -0.1) is 0 Å². The molecule has 0 bridgehead atoms. The first-order valence-electron chi connectivity index (χ1n) is 4.81. The van der Waals surface area contributed by atoms with Gasteiger partial charge in [0.1, 0.15) is 0 Å². The Morgan fingerprint density at radius 3 is 2.17 bits per heavy atom. The molecule has 0 aromatic heterocycles. The molecule has 0 aromatic rings. The zero-order valence-electron chi connectivity index (χ0n) is 9.07. The van der Waals surface area contributed by atoms with E-state index >= 15 is 0 Å². The van der Waals surface area contributed by atoms with Crippen LogP contribution >= 0.6 is 0 Å². The SMILES string of the molecule is CNC1(C)CCN(C(C)(C)C)C1. The molecule has 2 nitrogen and oxygen atoms in total. The fourth-order valence-corrected chi connectivity index (χ4v) is 1.74. The second-order valence-corrected chi connectivity index (χ2v) is 5.15. The Balaban J connectivity index is 2.57. The first kappa shape index (κ1) is 10.0. The van der Waals surface area contributed by atoms with Crippen molar-refractivity contribution in [2.24, 2.45) is 0 Å². The summed E-state index contributed by atoms with van der Waals surface area (Å²) in [6.45, 7) is 11.6. The molecular formula is C10H22N2. The number of rotatable bonds is 1. The Kier molecular flexibility index (Phi) is 2.50. The van der Waals surface area contributed by atoms with E-state index in [2.05, 4.69) is 45.0 Å². The monoisotopic (exact) mass is 170 g/mol. The molecule has 12 heavy (non-hydrogen) atoms. The van der Waals surface area contributed by atoms with Gasteiger partial charge in [0, 0.05) is 24.2 Å². The highest BCUT2D eigenvalue weighted by atomic mass is 15.2. The van der Waals surface area contributed by atoms with Crippen molar-refractivity contribution in [3.63, 3.8) is 0 Å². The van der Waals surface area contributed by atoms with E-state index < -0.39 is 0 Å². The lowest BCUT2D eigenvalue weighted by Crippen LogP contribution is -2.46. The zero-order valence-corrected chi connectivity index (χ0v) is 9.07. The molecule has 72 valence electrons. The molecule has 0 amide bonds. The largest absolute Gasteiger partial charge is 0.313 e. The van der Waals surface area contributed by atoms with E-state index in [0.717, 1.165) is 0 Å². The number of nitrogens with one attached hydrogen (secondary N) is 1. The third-order valence-electron chi connectivity index (χ3n) is 3.03. The highest BCUT2D eigenvalue weighted by molar-refractivity contribution is 4.96. The molecule has 2 heteroatoms. The van der Waals surface area contributed by atoms with Gasteiger partial charge in [-0.25, -0.2) is 0 Å². The van der Waals surface area contributed by atoms with Crippen molar-refractivity contribution in [2.75, 3.05) is 20.1 Å². The van der Waals surface area contributed by atoms with Gasteiger partial charge in [0.25, 0.3) is 0 Å². The van der Waals surface area contributed by atoms with Gasteiger partial charge in [-0.3, -0.25) is 4.90 Å². The minimum absolute atomic E-state index is 0.328. The van der Waals surface area contributed by atoms with Crippen LogP contribution in [0.3, 0.4) is 0 Å². The summed E-state index contributed by atoms with van der Waals surface area (Å²) < 4.78 is 0. The summed E-state index contributed by atoms with van der Waals surface area (Å²) in [6.07, 6.45) is 1.26. The van der Waals surface area contributed by atoms with Gasteiger partial charge in [0.15, 0.2) is 0 Å². The van der Waals surface area contributed by atoms with Crippen molar-refractivity contribution in [3.8, 4) is 0 Å². The maximum atomic E-state index is 3.40. The van der Waals surface area contributed by atoms with Crippen LogP contribution in [0.1, 0.15) is 34.1 Å². The normalized spacial score (nSPS) is 32.8. The van der Waals surface area contributed by atoms with Crippen LogP contribution in [0.4, 0.5) is 0 Å². The summed E-state index contributed by atoms with van der Waals surface area (Å²) in [6, 6.07) is 0. The van der Waals surface area contributed by atoms with Crippen molar-refractivity contribution < 1.29 is 0 Å². The summed E-state index contributed by atoms with van der Waals surface area (Å²) in [5.74, 6) is 0. The lowest BCUT2D eigenvalue weighted by molar-refractivity contribution is 0.162. The van der Waals surface area contributed by atoms with Crippen molar-refractivity contribution in [1.82, 2.24) is 10.2 Å². The van der Waals surface area contributed by atoms with E-state index in [9.17, 15) is 0 Å². The van der Waals surface area contributed by atoms with Crippen molar-refractivity contribution >= 4 is 0 Å². The van der Waals surface area contributed by atoms with Crippen LogP contribution in [-0.2, 0) is 0 Å². The molecule has 1 N–H and O–H groups in total. The molecule has 0 radical (unpaired) electrons. The number of likely N-dealkylation sites (tertiary alicyclic amines) is 1. The lowest BCUT2D eigenvalue weighted by atomic mass is 10.0. The molecule has 1 fully saturated rings. The number of nitrogens with zero attached hydrogens (tertiary/aromatic N) is 1. The smallest absolute Gasteiger partial charge is 0.0290 e. The van der Waals surface area contributed by atoms with Crippen LogP contribution < -0.4 is 5.32 Å². The molecule has 1 heterocycles. The van der Waals surface area contributed by atoms with Gasteiger partial charge in [-0.2, -0.15) is 0 Å². The minimum Gasteiger partial charge on any atom is -0.313 e. The van der Waals surface area contributed by atoms with Crippen molar-refractivity contribution in [2.45, 2.75) is 45.2 Å². The summed E-state index contributed by atoms with van der Waals surface area (Å²) in [5, 5.41) is 3.40. The van der Waals surface area contributed by atoms with E-state index in [1.54, 1.807) is 0 Å². The molecule has 1 aliphatic rings. The first-order valence-corrected chi connectivity index (χ1v) is 4.81. The van der Waals surface area contributed by atoms with Crippen LogP contribution in [0.2, 0.25) is 0 Å². The van der Waals surface area contributed by atoms with E-state index in [1.807, 2.05) is 0 Å². The minimum atomic E-state index is 0.328. The Bertz CT molecular complexity index is 160. The molecule has 1 aliphatic heterocycles. The molecule has 1 saturated heterocycles. The molecular weight excluding hydrogens is 148 g/mol. The van der Waals surface area contributed by atoms with Gasteiger partial charge in [-0.05, 0) is 41.2 Å². The Hall–Kier alpha value is -0.0800. The maximum Gasteiger partial charge on any atom is 0.0290 e. The zero-order chi connectivity index (χ0) is 9.41. The van der Waals surface area contributed by atoms with Crippen molar-refractivity contribution in [1.29, 1.82) is 0 Å². The molecule has 0 aromatic carbocycles. The van der Waals surface area contributed by atoms with E-state index in [4.69, 9.17) is 0 Å². The second kappa shape index (κ2) is 3.00. The van der Waals surface area contributed by atoms with Gasteiger partial charge in [-0.1, -0.05) is 0 Å². The van der Waals surface area contributed by atoms with Crippen LogP contribution in [-0.4, -0.2) is 36.1 Å². The van der Waals surface area contributed by atoms with E-state index in [-0.39, 0.29) is 0 Å². The van der Waals surface area contributed by atoms with Crippen LogP contribution in [0.15, 0.2) is 0 Å². The molecule has 0 aliphatic carbocycles. The fraction of sp³-hybridized carbons (Fsp3) is 1.00. The standard InChI is InChI=1S/C10H22N2/c1-9(2,3)12-7-6-10(4,8-12)11-5/h11H,6-8H2,1-5H3. The quantitative estimate of drug-likeness (QED) is 0.641. The van der Waals surface area contributed by atoms with Crippen molar-refractivity contribution in [3.05, 3.63) is 0 Å². The maximum absolute atomic E-state index is 3.40. The highest BCUT2D eigenvalue weighted by Gasteiger charge is 2.36. The molecule has 1 rings (SSSR count). The van der Waals surface area contributed by atoms with Crippen LogP contribution in [0.25, 0.3) is 0 Å². The highest BCUT2D eigenvalue weighted by Crippen LogP contribution is 2.26. The van der Waals surface area contributed by atoms with Gasteiger partial charge in [0.05, 0.1) is 0 Å². The average molecular weight is 170 g/mol. The lowest BCUT2D eigenvalue weighted by Gasteiger charge is -2.33. The molecule has 1 atom stereocenters. The third-order valence-corrected chi connectivity index (χ3v) is 3.03. The van der Waals surface area contributed by atoms with Crippen LogP contribution in [0.5, 0.6) is 0 Å². The third kappa shape index (κ3) is 1.99. The summed E-state index contributed by atoms with van der Waals surface area (Å²) in [5.41, 5.74) is 0.669. The average Bonchev–Trinajstić information content (AvgIpc) is 2.32.